The zero-order valence-corrected chi connectivity index (χ0v) is 18.6. The fourth-order valence-corrected chi connectivity index (χ4v) is 4.26. The maximum absolute atomic E-state index is 12.7. The van der Waals surface area contributed by atoms with Gasteiger partial charge in [0.05, 0.1) is 12.0 Å². The molecule has 0 saturated carbocycles. The molecule has 0 saturated heterocycles. The molecule has 0 aliphatic rings. The number of nitrogens with one attached hydrogen (secondary N) is 1. The minimum Gasteiger partial charge on any atom is -0.497 e. The van der Waals surface area contributed by atoms with Gasteiger partial charge in [0.25, 0.3) is 0 Å². The van der Waals surface area contributed by atoms with Crippen LogP contribution in [0.3, 0.4) is 0 Å². The smallest absolute Gasteiger partial charge is 0.240 e. The fraction of sp³-hybridized carbons (Fsp3) is 0.652. The number of ether oxygens (including phenoxy) is 1. The van der Waals surface area contributed by atoms with Crippen molar-refractivity contribution in [3.8, 4) is 17.6 Å². The van der Waals surface area contributed by atoms with Crippen LogP contribution in [0.25, 0.3) is 0 Å². The first-order valence-corrected chi connectivity index (χ1v) is 12.1. The van der Waals surface area contributed by atoms with Crippen LogP contribution in [0.1, 0.15) is 84.5 Å². The predicted molar refractivity (Wildman–Crippen MR) is 117 cm³/mol. The molecule has 0 heterocycles. The number of sulfonamides is 1. The standard InChI is InChI=1S/C23H37NO3S/c1-4-6-8-10-11-12-14-16-21(15-13-9-7-5-2)24-28(25,26)23-19-17-22(27-3)18-20-23/h17-21,24H,4-11,13,15-16H2,1-3H3/t21-/m1/s1. The second-order valence-electron chi connectivity index (χ2n) is 7.21. The Bertz CT molecular complexity index is 687. The molecule has 1 aromatic carbocycles. The molecule has 5 heteroatoms. The Kier molecular flexibility index (Phi) is 12.7. The lowest BCUT2D eigenvalue weighted by molar-refractivity contribution is 0.414. The van der Waals surface area contributed by atoms with Gasteiger partial charge in [-0.15, -0.1) is 11.8 Å². The molecule has 28 heavy (non-hydrogen) atoms. The first-order valence-electron chi connectivity index (χ1n) is 10.7. The Balaban J connectivity index is 2.67. The lowest BCUT2D eigenvalue weighted by Crippen LogP contribution is -2.34. The van der Waals surface area contributed by atoms with E-state index in [9.17, 15) is 8.42 Å². The summed E-state index contributed by atoms with van der Waals surface area (Å²) in [5.41, 5.74) is 0. The Hall–Kier alpha value is -1.51. The lowest BCUT2D eigenvalue weighted by Gasteiger charge is -2.17. The summed E-state index contributed by atoms with van der Waals surface area (Å²) in [6, 6.07) is 6.35. The van der Waals surface area contributed by atoms with Crippen molar-refractivity contribution in [1.82, 2.24) is 4.72 Å². The molecule has 0 unspecified atom stereocenters. The average Bonchev–Trinajstić information content (AvgIpc) is 2.70. The van der Waals surface area contributed by atoms with Crippen LogP contribution in [0.2, 0.25) is 0 Å². The Morgan fingerprint density at radius 1 is 0.929 bits per heavy atom. The van der Waals surface area contributed by atoms with Crippen LogP contribution in [0, 0.1) is 11.8 Å². The van der Waals surface area contributed by atoms with Gasteiger partial charge in [-0.1, -0.05) is 58.8 Å². The maximum Gasteiger partial charge on any atom is 0.240 e. The lowest BCUT2D eigenvalue weighted by atomic mass is 10.1. The second-order valence-corrected chi connectivity index (χ2v) is 8.93. The molecule has 0 spiro atoms. The zero-order valence-electron chi connectivity index (χ0n) is 17.8. The molecule has 0 amide bonds. The van der Waals surface area contributed by atoms with Crippen molar-refractivity contribution in [2.45, 2.75) is 95.4 Å². The van der Waals surface area contributed by atoms with E-state index in [0.717, 1.165) is 32.1 Å². The third-order valence-electron chi connectivity index (χ3n) is 4.73. The summed E-state index contributed by atoms with van der Waals surface area (Å²) in [6.07, 6.45) is 11.6. The second kappa shape index (κ2) is 14.5. The van der Waals surface area contributed by atoms with E-state index in [-0.39, 0.29) is 10.9 Å². The summed E-state index contributed by atoms with van der Waals surface area (Å²) >= 11 is 0. The summed E-state index contributed by atoms with van der Waals surface area (Å²) in [6.45, 7) is 4.37. The van der Waals surface area contributed by atoms with Gasteiger partial charge in [0.15, 0.2) is 0 Å². The largest absolute Gasteiger partial charge is 0.497 e. The monoisotopic (exact) mass is 407 g/mol. The van der Waals surface area contributed by atoms with E-state index in [1.165, 1.54) is 32.1 Å². The number of unbranched alkanes of at least 4 members (excludes halogenated alkanes) is 7. The van der Waals surface area contributed by atoms with Gasteiger partial charge < -0.3 is 4.74 Å². The van der Waals surface area contributed by atoms with E-state index in [0.29, 0.717) is 12.2 Å². The van der Waals surface area contributed by atoms with E-state index >= 15 is 0 Å². The first-order chi connectivity index (χ1) is 13.5. The van der Waals surface area contributed by atoms with Gasteiger partial charge in [-0.2, -0.15) is 0 Å². The molecular weight excluding hydrogens is 370 g/mol. The molecule has 0 aromatic heterocycles. The highest BCUT2D eigenvalue weighted by Crippen LogP contribution is 2.17. The SMILES string of the molecule is CCCCCCC#CC[C@@H](CCCCCC)NS(=O)(=O)c1ccc(OC)cc1. The van der Waals surface area contributed by atoms with Crippen molar-refractivity contribution in [3.05, 3.63) is 24.3 Å². The van der Waals surface area contributed by atoms with Gasteiger partial charge in [0, 0.05) is 18.9 Å². The first kappa shape index (κ1) is 24.5. The van der Waals surface area contributed by atoms with E-state index < -0.39 is 10.0 Å². The molecule has 1 aromatic rings. The summed E-state index contributed by atoms with van der Waals surface area (Å²) in [5, 5.41) is 0. The van der Waals surface area contributed by atoms with Crippen LogP contribution in [0.5, 0.6) is 5.75 Å². The topological polar surface area (TPSA) is 55.4 Å². The quantitative estimate of drug-likeness (QED) is 0.319. The Morgan fingerprint density at radius 2 is 1.57 bits per heavy atom. The highest BCUT2D eigenvalue weighted by molar-refractivity contribution is 7.89. The number of methoxy groups -OCH3 is 1. The summed E-state index contributed by atoms with van der Waals surface area (Å²) < 4.78 is 33.4. The van der Waals surface area contributed by atoms with Crippen molar-refractivity contribution in [3.63, 3.8) is 0 Å². The molecule has 1 atom stereocenters. The van der Waals surface area contributed by atoms with Crippen molar-refractivity contribution < 1.29 is 13.2 Å². The van der Waals surface area contributed by atoms with Gasteiger partial charge in [-0.05, 0) is 37.1 Å². The molecule has 1 rings (SSSR count). The third kappa shape index (κ3) is 10.1. The van der Waals surface area contributed by atoms with E-state index in [2.05, 4.69) is 30.4 Å². The van der Waals surface area contributed by atoms with Crippen molar-refractivity contribution in [2.24, 2.45) is 0 Å². The number of hydrogen-bond donors (Lipinski definition) is 1. The fourth-order valence-electron chi connectivity index (χ4n) is 2.99. The number of rotatable bonds is 14. The molecule has 0 fully saturated rings. The highest BCUT2D eigenvalue weighted by Gasteiger charge is 2.19. The van der Waals surface area contributed by atoms with Crippen LogP contribution in [-0.4, -0.2) is 21.6 Å². The minimum atomic E-state index is -3.56. The Labute approximate surface area is 172 Å². The average molecular weight is 408 g/mol. The normalized spacial score (nSPS) is 12.2. The highest BCUT2D eigenvalue weighted by atomic mass is 32.2. The molecule has 158 valence electrons. The van der Waals surface area contributed by atoms with Crippen LogP contribution < -0.4 is 9.46 Å². The van der Waals surface area contributed by atoms with Crippen LogP contribution in [-0.2, 0) is 10.0 Å². The molecule has 0 aliphatic heterocycles. The molecule has 1 N–H and O–H groups in total. The third-order valence-corrected chi connectivity index (χ3v) is 6.26. The van der Waals surface area contributed by atoms with Crippen molar-refractivity contribution >= 4 is 10.0 Å². The molecular formula is C23H37NO3S. The minimum absolute atomic E-state index is 0.146. The zero-order chi connectivity index (χ0) is 20.7. The van der Waals surface area contributed by atoms with Crippen molar-refractivity contribution in [2.75, 3.05) is 7.11 Å². The summed E-state index contributed by atoms with van der Waals surface area (Å²) in [5.74, 6) is 7.06. The van der Waals surface area contributed by atoms with Gasteiger partial charge in [0.2, 0.25) is 10.0 Å². The van der Waals surface area contributed by atoms with Gasteiger partial charge in [-0.3, -0.25) is 0 Å². The van der Waals surface area contributed by atoms with Crippen molar-refractivity contribution in [1.29, 1.82) is 0 Å². The van der Waals surface area contributed by atoms with Gasteiger partial charge in [0.1, 0.15) is 5.75 Å². The summed E-state index contributed by atoms with van der Waals surface area (Å²) in [7, 11) is -1.99. The van der Waals surface area contributed by atoms with Crippen LogP contribution in [0.4, 0.5) is 0 Å². The molecule has 0 radical (unpaired) electrons. The summed E-state index contributed by atoms with van der Waals surface area (Å²) in [4.78, 5) is 0.263. The molecule has 0 bridgehead atoms. The molecule has 4 nitrogen and oxygen atoms in total. The van der Waals surface area contributed by atoms with E-state index in [1.54, 1.807) is 31.4 Å². The number of hydrogen-bond acceptors (Lipinski definition) is 3. The van der Waals surface area contributed by atoms with Gasteiger partial charge >= 0.3 is 0 Å². The maximum atomic E-state index is 12.7. The molecule has 0 aliphatic carbocycles. The number of benzene rings is 1. The van der Waals surface area contributed by atoms with Gasteiger partial charge in [-0.25, -0.2) is 13.1 Å². The Morgan fingerprint density at radius 3 is 2.18 bits per heavy atom. The van der Waals surface area contributed by atoms with E-state index in [1.807, 2.05) is 0 Å². The van der Waals surface area contributed by atoms with Crippen LogP contribution >= 0.6 is 0 Å². The predicted octanol–water partition coefficient (Wildman–Crippen LogP) is 5.68. The van der Waals surface area contributed by atoms with E-state index in [4.69, 9.17) is 4.74 Å². The van der Waals surface area contributed by atoms with Crippen LogP contribution in [0.15, 0.2) is 29.2 Å².